The number of hydrogen-bond acceptors (Lipinski definition) is 4. The van der Waals surface area contributed by atoms with E-state index in [0.717, 1.165) is 29.4 Å². The number of aldehydes is 1. The fourth-order valence-corrected chi connectivity index (χ4v) is 4.20. The summed E-state index contributed by atoms with van der Waals surface area (Å²) in [6.45, 7) is 3.04. The molecule has 2 heterocycles. The number of rotatable bonds is 5. The molecule has 4 rings (SSSR count). The van der Waals surface area contributed by atoms with Gasteiger partial charge in [-0.1, -0.05) is 53.6 Å². The van der Waals surface area contributed by atoms with Gasteiger partial charge in [0.2, 0.25) is 0 Å². The smallest absolute Gasteiger partial charge is 0.323 e. The molecule has 2 atom stereocenters. The van der Waals surface area contributed by atoms with Crippen LogP contribution in [0.4, 0.5) is 10.6 Å². The van der Waals surface area contributed by atoms with Crippen molar-refractivity contribution in [2.24, 2.45) is 0 Å². The number of nitrogens with zero attached hydrogens (tertiary/aromatic N) is 2. The Morgan fingerprint density at radius 2 is 1.97 bits per heavy atom. The maximum Gasteiger partial charge on any atom is 0.323 e. The molecule has 0 saturated carbocycles. The first-order valence-electron chi connectivity index (χ1n) is 10.5. The minimum Gasteiger partial charge on any atom is -0.384 e. The first kappa shape index (κ1) is 22.0. The van der Waals surface area contributed by atoms with Crippen molar-refractivity contribution in [3.63, 3.8) is 0 Å². The van der Waals surface area contributed by atoms with Crippen LogP contribution in [0.5, 0.6) is 0 Å². The zero-order valence-electron chi connectivity index (χ0n) is 17.7. The third-order valence-corrected chi connectivity index (χ3v) is 6.15. The molecule has 0 aliphatic carbocycles. The molecule has 164 valence electrons. The number of halogens is 1. The highest BCUT2D eigenvalue weighted by atomic mass is 35.5. The number of anilines is 1. The van der Waals surface area contributed by atoms with Gasteiger partial charge in [-0.05, 0) is 48.2 Å². The number of benzene rings is 2. The molecule has 0 spiro atoms. The van der Waals surface area contributed by atoms with Crippen LogP contribution < -0.4 is 5.32 Å². The maximum atomic E-state index is 12.6. The number of aromatic nitrogens is 1. The first-order chi connectivity index (χ1) is 15.5. The largest absolute Gasteiger partial charge is 0.384 e. The molecule has 1 aliphatic rings. The molecule has 2 aromatic carbocycles. The van der Waals surface area contributed by atoms with Gasteiger partial charge in [0, 0.05) is 30.8 Å². The van der Waals surface area contributed by atoms with Crippen molar-refractivity contribution in [1.29, 1.82) is 0 Å². The molecule has 2 amide bonds. The molecule has 0 bridgehead atoms. The van der Waals surface area contributed by atoms with Crippen molar-refractivity contribution in [3.05, 3.63) is 93.6 Å². The predicted octanol–water partition coefficient (Wildman–Crippen LogP) is 4.96. The van der Waals surface area contributed by atoms with E-state index in [1.54, 1.807) is 29.3 Å². The monoisotopic (exact) mass is 449 g/mol. The second kappa shape index (κ2) is 9.51. The van der Waals surface area contributed by atoms with Crippen molar-refractivity contribution >= 4 is 29.7 Å². The molecule has 1 fully saturated rings. The van der Waals surface area contributed by atoms with Crippen LogP contribution in [0.3, 0.4) is 0 Å². The number of likely N-dealkylation sites (tertiary alicyclic amines) is 1. The standard InChI is InChI=1S/C25H24ClN3O3/c1-16-4-6-17(7-5-16)23(31)18-8-9-21(20(13-18)15-30)19-10-12-29(14-19)25(32)28-24-22(26)3-2-11-27-24/h2-9,11,13,15,19,23,31H,10,12,14H2,1H3,(H,27,28,32). The highest BCUT2D eigenvalue weighted by Gasteiger charge is 2.29. The van der Waals surface area contributed by atoms with Crippen LogP contribution in [-0.4, -0.2) is 40.4 Å². The third kappa shape index (κ3) is 4.66. The van der Waals surface area contributed by atoms with Crippen LogP contribution in [-0.2, 0) is 0 Å². The number of amides is 2. The zero-order chi connectivity index (χ0) is 22.7. The number of carbonyl (C=O) groups excluding carboxylic acids is 2. The van der Waals surface area contributed by atoms with Gasteiger partial charge in [0.15, 0.2) is 5.82 Å². The lowest BCUT2D eigenvalue weighted by molar-refractivity contribution is 0.112. The number of hydrogen-bond donors (Lipinski definition) is 2. The number of aryl methyl sites for hydroxylation is 1. The summed E-state index contributed by atoms with van der Waals surface area (Å²) < 4.78 is 0. The van der Waals surface area contributed by atoms with E-state index in [1.165, 1.54) is 0 Å². The lowest BCUT2D eigenvalue weighted by Gasteiger charge is -2.19. The van der Waals surface area contributed by atoms with Crippen LogP contribution in [0, 0.1) is 6.92 Å². The predicted molar refractivity (Wildman–Crippen MR) is 124 cm³/mol. The number of aliphatic hydroxyl groups is 1. The number of carbonyl (C=O) groups is 2. The van der Waals surface area contributed by atoms with Crippen molar-refractivity contribution in [3.8, 4) is 0 Å². The molecule has 7 heteroatoms. The van der Waals surface area contributed by atoms with E-state index in [0.29, 0.717) is 35.1 Å². The lowest BCUT2D eigenvalue weighted by Crippen LogP contribution is -2.33. The molecule has 1 saturated heterocycles. The van der Waals surface area contributed by atoms with Crippen molar-refractivity contribution in [2.45, 2.75) is 25.4 Å². The summed E-state index contributed by atoms with van der Waals surface area (Å²) in [4.78, 5) is 30.3. The molecule has 6 nitrogen and oxygen atoms in total. The zero-order valence-corrected chi connectivity index (χ0v) is 18.4. The molecule has 1 aliphatic heterocycles. The molecule has 2 unspecified atom stereocenters. The molecular weight excluding hydrogens is 426 g/mol. The van der Waals surface area contributed by atoms with E-state index in [2.05, 4.69) is 10.3 Å². The summed E-state index contributed by atoms with van der Waals surface area (Å²) in [7, 11) is 0. The van der Waals surface area contributed by atoms with Gasteiger partial charge in [-0.3, -0.25) is 10.1 Å². The second-order valence-electron chi connectivity index (χ2n) is 8.02. The van der Waals surface area contributed by atoms with E-state index in [1.807, 2.05) is 43.3 Å². The third-order valence-electron chi connectivity index (χ3n) is 5.85. The average molecular weight is 450 g/mol. The Bertz CT molecular complexity index is 1130. The van der Waals surface area contributed by atoms with E-state index in [-0.39, 0.29) is 11.9 Å². The fourth-order valence-electron chi connectivity index (χ4n) is 4.03. The quantitative estimate of drug-likeness (QED) is 0.539. The molecule has 1 aromatic heterocycles. The summed E-state index contributed by atoms with van der Waals surface area (Å²) in [6.07, 6.45) is 2.32. The highest BCUT2D eigenvalue weighted by Crippen LogP contribution is 2.32. The van der Waals surface area contributed by atoms with Crippen LogP contribution >= 0.6 is 11.6 Å². The van der Waals surface area contributed by atoms with Gasteiger partial charge in [-0.2, -0.15) is 0 Å². The van der Waals surface area contributed by atoms with E-state index in [4.69, 9.17) is 11.6 Å². The van der Waals surface area contributed by atoms with Gasteiger partial charge >= 0.3 is 6.03 Å². The van der Waals surface area contributed by atoms with Gasteiger partial charge in [0.1, 0.15) is 12.4 Å². The Morgan fingerprint density at radius 1 is 1.22 bits per heavy atom. The second-order valence-corrected chi connectivity index (χ2v) is 8.42. The summed E-state index contributed by atoms with van der Waals surface area (Å²) in [5.74, 6) is 0.358. The summed E-state index contributed by atoms with van der Waals surface area (Å²) in [6, 6.07) is 16.2. The maximum absolute atomic E-state index is 12.6. The minimum atomic E-state index is -0.808. The van der Waals surface area contributed by atoms with Crippen molar-refractivity contribution < 1.29 is 14.7 Å². The molecule has 2 N–H and O–H groups in total. The Labute approximate surface area is 191 Å². The number of aliphatic hydroxyl groups excluding tert-OH is 1. The Morgan fingerprint density at radius 3 is 2.69 bits per heavy atom. The minimum absolute atomic E-state index is 0.0331. The Balaban J connectivity index is 1.48. The Hall–Kier alpha value is -3.22. The first-order valence-corrected chi connectivity index (χ1v) is 10.8. The van der Waals surface area contributed by atoms with Gasteiger partial charge < -0.3 is 10.0 Å². The van der Waals surface area contributed by atoms with Gasteiger partial charge in [0.25, 0.3) is 0 Å². The van der Waals surface area contributed by atoms with Crippen LogP contribution in [0.15, 0.2) is 60.8 Å². The van der Waals surface area contributed by atoms with Crippen LogP contribution in [0.25, 0.3) is 0 Å². The SMILES string of the molecule is Cc1ccc(C(O)c2ccc(C3CCN(C(=O)Nc4ncccc4Cl)C3)c(C=O)c2)cc1. The summed E-state index contributed by atoms with van der Waals surface area (Å²) in [5.41, 5.74) is 3.97. The number of nitrogens with one attached hydrogen (secondary N) is 1. The highest BCUT2D eigenvalue weighted by molar-refractivity contribution is 6.33. The van der Waals surface area contributed by atoms with Crippen LogP contribution in [0.2, 0.25) is 5.02 Å². The number of pyridine rings is 1. The van der Waals surface area contributed by atoms with Gasteiger partial charge in [-0.15, -0.1) is 0 Å². The summed E-state index contributed by atoms with van der Waals surface area (Å²) in [5, 5.41) is 13.9. The van der Waals surface area contributed by atoms with E-state index < -0.39 is 6.10 Å². The molecule has 32 heavy (non-hydrogen) atoms. The van der Waals surface area contributed by atoms with Crippen LogP contribution in [0.1, 0.15) is 51.1 Å². The Kier molecular flexibility index (Phi) is 6.53. The fraction of sp³-hybridized carbons (Fsp3) is 0.240. The summed E-state index contributed by atoms with van der Waals surface area (Å²) >= 11 is 6.08. The molecule has 3 aromatic rings. The van der Waals surface area contributed by atoms with Gasteiger partial charge in [-0.25, -0.2) is 9.78 Å². The normalized spacial score (nSPS) is 16.6. The number of urea groups is 1. The molecule has 0 radical (unpaired) electrons. The van der Waals surface area contributed by atoms with Crippen molar-refractivity contribution in [1.82, 2.24) is 9.88 Å². The molecular formula is C25H24ClN3O3. The van der Waals surface area contributed by atoms with E-state index in [9.17, 15) is 14.7 Å². The van der Waals surface area contributed by atoms with E-state index >= 15 is 0 Å². The average Bonchev–Trinajstić information content (AvgIpc) is 3.30. The lowest BCUT2D eigenvalue weighted by atomic mass is 9.90. The van der Waals surface area contributed by atoms with Gasteiger partial charge in [0.05, 0.1) is 5.02 Å². The van der Waals surface area contributed by atoms with Crippen molar-refractivity contribution in [2.75, 3.05) is 18.4 Å². The topological polar surface area (TPSA) is 82.5 Å².